The van der Waals surface area contributed by atoms with Crippen molar-refractivity contribution in [3.05, 3.63) is 47.8 Å². The zero-order chi connectivity index (χ0) is 17.2. The minimum absolute atomic E-state index is 0.0179. The third-order valence-electron chi connectivity index (χ3n) is 3.48. The molecule has 2 rings (SSSR count). The second kappa shape index (κ2) is 6.39. The standard InChI is InChI=1S/C15H14F4N2O2/c1-9(16)14(23)20-11-6-13(22)21(8-11)7-10-4-2-3-5-12(10)15(17,18)19/h2-5,11H,1,6-8H2,(H,20,23). The molecule has 0 radical (unpaired) electrons. The van der Waals surface area contributed by atoms with E-state index in [9.17, 15) is 27.2 Å². The average Bonchev–Trinajstić information content (AvgIpc) is 2.78. The number of likely N-dealkylation sites (tertiary alicyclic amines) is 1. The van der Waals surface area contributed by atoms with Gasteiger partial charge in [-0.15, -0.1) is 0 Å². The lowest BCUT2D eigenvalue weighted by atomic mass is 10.1. The van der Waals surface area contributed by atoms with Crippen LogP contribution in [0.15, 0.2) is 36.7 Å². The van der Waals surface area contributed by atoms with Gasteiger partial charge in [-0.3, -0.25) is 9.59 Å². The number of nitrogens with one attached hydrogen (secondary N) is 1. The summed E-state index contributed by atoms with van der Waals surface area (Å²) in [6.45, 7) is 2.63. The molecule has 0 bridgehead atoms. The summed E-state index contributed by atoms with van der Waals surface area (Å²) in [5.74, 6) is -2.62. The summed E-state index contributed by atoms with van der Waals surface area (Å²) in [5, 5.41) is 2.27. The molecule has 0 aliphatic carbocycles. The predicted molar refractivity (Wildman–Crippen MR) is 73.7 cm³/mol. The zero-order valence-electron chi connectivity index (χ0n) is 12.0. The summed E-state index contributed by atoms with van der Waals surface area (Å²) in [6, 6.07) is 4.32. The van der Waals surface area contributed by atoms with E-state index in [1.54, 1.807) is 0 Å². The normalized spacial score (nSPS) is 18.2. The van der Waals surface area contributed by atoms with E-state index < -0.39 is 35.4 Å². The Balaban J connectivity index is 2.09. The molecule has 4 nitrogen and oxygen atoms in total. The molecule has 1 N–H and O–H groups in total. The van der Waals surface area contributed by atoms with Crippen LogP contribution in [0, 0.1) is 0 Å². The molecule has 2 amide bonds. The lowest BCUT2D eigenvalue weighted by Crippen LogP contribution is -2.37. The molecule has 8 heteroatoms. The van der Waals surface area contributed by atoms with E-state index in [2.05, 4.69) is 11.9 Å². The molecule has 23 heavy (non-hydrogen) atoms. The zero-order valence-corrected chi connectivity index (χ0v) is 12.0. The highest BCUT2D eigenvalue weighted by Gasteiger charge is 2.36. The second-order valence-corrected chi connectivity index (χ2v) is 5.21. The second-order valence-electron chi connectivity index (χ2n) is 5.21. The van der Waals surface area contributed by atoms with Crippen LogP contribution in [0.4, 0.5) is 17.6 Å². The van der Waals surface area contributed by atoms with Crippen molar-refractivity contribution in [2.75, 3.05) is 6.54 Å². The first-order valence-corrected chi connectivity index (χ1v) is 6.76. The van der Waals surface area contributed by atoms with Gasteiger partial charge in [0.2, 0.25) is 5.91 Å². The molecule has 1 aromatic carbocycles. The van der Waals surface area contributed by atoms with Crippen LogP contribution in [0.1, 0.15) is 17.5 Å². The Morgan fingerprint density at radius 3 is 2.61 bits per heavy atom. The molecule has 1 unspecified atom stereocenters. The van der Waals surface area contributed by atoms with Gasteiger partial charge in [0.25, 0.3) is 5.91 Å². The van der Waals surface area contributed by atoms with E-state index >= 15 is 0 Å². The van der Waals surface area contributed by atoms with Gasteiger partial charge in [0.05, 0.1) is 11.6 Å². The van der Waals surface area contributed by atoms with E-state index in [0.717, 1.165) is 6.07 Å². The van der Waals surface area contributed by atoms with Crippen LogP contribution in [0.3, 0.4) is 0 Å². The maximum atomic E-state index is 12.9. The van der Waals surface area contributed by atoms with Crippen LogP contribution < -0.4 is 5.32 Å². The first-order chi connectivity index (χ1) is 10.7. The highest BCUT2D eigenvalue weighted by Crippen LogP contribution is 2.32. The van der Waals surface area contributed by atoms with Crippen molar-refractivity contribution in [2.24, 2.45) is 0 Å². The van der Waals surface area contributed by atoms with Crippen LogP contribution in [-0.2, 0) is 22.3 Å². The van der Waals surface area contributed by atoms with Crippen LogP contribution in [0.5, 0.6) is 0 Å². The quantitative estimate of drug-likeness (QED) is 0.681. The fourth-order valence-corrected chi connectivity index (χ4v) is 2.43. The third kappa shape index (κ3) is 4.08. The molecule has 1 aliphatic rings. The Morgan fingerprint density at radius 2 is 2.00 bits per heavy atom. The molecule has 1 aromatic rings. The number of halogens is 4. The van der Waals surface area contributed by atoms with Gasteiger partial charge in [-0.1, -0.05) is 24.8 Å². The number of hydrogen-bond acceptors (Lipinski definition) is 2. The Hall–Kier alpha value is -2.38. The summed E-state index contributed by atoms with van der Waals surface area (Å²) in [4.78, 5) is 24.3. The number of nitrogens with zero attached hydrogens (tertiary/aromatic N) is 1. The van der Waals surface area contributed by atoms with Crippen molar-refractivity contribution in [2.45, 2.75) is 25.2 Å². The van der Waals surface area contributed by atoms with E-state index in [4.69, 9.17) is 0 Å². The summed E-state index contributed by atoms with van der Waals surface area (Å²) in [7, 11) is 0. The smallest absolute Gasteiger partial charge is 0.345 e. The van der Waals surface area contributed by atoms with Gasteiger partial charge in [0, 0.05) is 19.5 Å². The number of carbonyl (C=O) groups excluding carboxylic acids is 2. The number of carbonyl (C=O) groups is 2. The maximum Gasteiger partial charge on any atom is 0.416 e. The molecule has 0 aromatic heterocycles. The number of hydrogen-bond donors (Lipinski definition) is 1. The van der Waals surface area contributed by atoms with Gasteiger partial charge >= 0.3 is 6.18 Å². The van der Waals surface area contributed by atoms with E-state index in [1.165, 1.54) is 23.1 Å². The molecule has 124 valence electrons. The molecule has 0 spiro atoms. The van der Waals surface area contributed by atoms with Gasteiger partial charge in [-0.25, -0.2) is 4.39 Å². The van der Waals surface area contributed by atoms with Crippen molar-refractivity contribution < 1.29 is 27.2 Å². The number of rotatable bonds is 4. The van der Waals surface area contributed by atoms with Crippen LogP contribution in [-0.4, -0.2) is 29.3 Å². The maximum absolute atomic E-state index is 12.9. The van der Waals surface area contributed by atoms with Crippen LogP contribution in [0.2, 0.25) is 0 Å². The van der Waals surface area contributed by atoms with Crippen LogP contribution in [0.25, 0.3) is 0 Å². The molecular weight excluding hydrogens is 316 g/mol. The molecule has 1 aliphatic heterocycles. The summed E-state index contributed by atoms with van der Waals surface area (Å²) in [6.07, 6.45) is -4.61. The summed E-state index contributed by atoms with van der Waals surface area (Å²) >= 11 is 0. The number of alkyl halides is 3. The molecule has 1 fully saturated rings. The minimum atomic E-state index is -4.51. The van der Waals surface area contributed by atoms with Gasteiger partial charge in [-0.05, 0) is 11.6 Å². The predicted octanol–water partition coefficient (Wildman–Crippen LogP) is 2.41. The first-order valence-electron chi connectivity index (χ1n) is 6.76. The van der Waals surface area contributed by atoms with Crippen molar-refractivity contribution in [1.29, 1.82) is 0 Å². The Kier molecular flexibility index (Phi) is 4.72. The monoisotopic (exact) mass is 330 g/mol. The van der Waals surface area contributed by atoms with Crippen molar-refractivity contribution in [3.63, 3.8) is 0 Å². The van der Waals surface area contributed by atoms with Gasteiger partial charge < -0.3 is 10.2 Å². The fourth-order valence-electron chi connectivity index (χ4n) is 2.43. The highest BCUT2D eigenvalue weighted by atomic mass is 19.4. The van der Waals surface area contributed by atoms with Gasteiger partial charge in [-0.2, -0.15) is 13.2 Å². The fraction of sp³-hybridized carbons (Fsp3) is 0.333. The van der Waals surface area contributed by atoms with Gasteiger partial charge in [0.1, 0.15) is 0 Å². The molecule has 1 saturated heterocycles. The van der Waals surface area contributed by atoms with Crippen molar-refractivity contribution in [1.82, 2.24) is 10.2 Å². The summed E-state index contributed by atoms with van der Waals surface area (Å²) in [5.41, 5.74) is -0.840. The Morgan fingerprint density at radius 1 is 1.35 bits per heavy atom. The lowest BCUT2D eigenvalue weighted by molar-refractivity contribution is -0.139. The summed E-state index contributed by atoms with van der Waals surface area (Å²) < 4.78 is 51.5. The molecule has 1 atom stereocenters. The molecule has 1 heterocycles. The lowest BCUT2D eigenvalue weighted by Gasteiger charge is -2.20. The largest absolute Gasteiger partial charge is 0.416 e. The highest BCUT2D eigenvalue weighted by molar-refractivity contribution is 5.91. The van der Waals surface area contributed by atoms with E-state index in [1.807, 2.05) is 0 Å². The number of amides is 2. The van der Waals surface area contributed by atoms with E-state index in [0.29, 0.717) is 0 Å². The third-order valence-corrected chi connectivity index (χ3v) is 3.48. The Labute approximate surface area is 129 Å². The van der Waals surface area contributed by atoms with Gasteiger partial charge in [0.15, 0.2) is 5.83 Å². The minimum Gasteiger partial charge on any atom is -0.345 e. The molecule has 0 saturated carbocycles. The SMILES string of the molecule is C=C(F)C(=O)NC1CC(=O)N(Cc2ccccc2C(F)(F)F)C1. The van der Waals surface area contributed by atoms with E-state index in [-0.39, 0.29) is 25.1 Å². The molecular formula is C15H14F4N2O2. The van der Waals surface area contributed by atoms with Crippen molar-refractivity contribution in [3.8, 4) is 0 Å². The number of benzene rings is 1. The van der Waals surface area contributed by atoms with Crippen molar-refractivity contribution >= 4 is 11.8 Å². The Bertz CT molecular complexity index is 643. The average molecular weight is 330 g/mol. The topological polar surface area (TPSA) is 49.4 Å². The van der Waals surface area contributed by atoms with Crippen LogP contribution >= 0.6 is 0 Å². The first kappa shape index (κ1) is 17.0.